The quantitative estimate of drug-likeness (QED) is 0.162. The lowest BCUT2D eigenvalue weighted by atomic mass is 10.0. The van der Waals surface area contributed by atoms with Crippen LogP contribution in [0.5, 0.6) is 0 Å². The Morgan fingerprint density at radius 3 is 1.15 bits per heavy atom. The number of aliphatic hydroxyl groups is 2. The third kappa shape index (κ3) is 33.7. The van der Waals surface area contributed by atoms with Gasteiger partial charge in [0, 0.05) is 0 Å². The Morgan fingerprint density at radius 2 is 0.926 bits per heavy atom. The van der Waals surface area contributed by atoms with Gasteiger partial charge in [-0.15, -0.1) is 3.63 Å². The van der Waals surface area contributed by atoms with Crippen molar-refractivity contribution in [2.24, 2.45) is 0 Å². The molecule has 0 aromatic carbocycles. The van der Waals surface area contributed by atoms with Crippen LogP contribution in [-0.2, 0) is 24.4 Å². The van der Waals surface area contributed by atoms with Gasteiger partial charge in [0.05, 0.1) is 0 Å². The van der Waals surface area contributed by atoms with Gasteiger partial charge in [0.25, 0.3) is 0 Å². The maximum Gasteiger partial charge on any atom is 0.413 e. The fourth-order valence-corrected chi connectivity index (χ4v) is 3.32. The maximum absolute atomic E-state index is 9.44. The first kappa shape index (κ1) is 28.9. The molecule has 0 unspecified atom stereocenters. The molecular formula is C16H36O9S2. The van der Waals surface area contributed by atoms with E-state index in [9.17, 15) is 16.8 Å². The summed E-state index contributed by atoms with van der Waals surface area (Å²) < 4.78 is 55.6. The third-order valence-corrected chi connectivity index (χ3v) is 5.11. The third-order valence-electron chi connectivity index (χ3n) is 3.74. The molecule has 0 radical (unpaired) electrons. The van der Waals surface area contributed by atoms with Gasteiger partial charge in [-0.2, -0.15) is 16.8 Å². The van der Waals surface area contributed by atoms with E-state index in [1.54, 1.807) is 0 Å². The lowest BCUT2D eigenvalue weighted by Gasteiger charge is -2.04. The van der Waals surface area contributed by atoms with E-state index in [0.29, 0.717) is 6.42 Å². The van der Waals surface area contributed by atoms with E-state index in [1.807, 2.05) is 0 Å². The van der Waals surface area contributed by atoms with Crippen molar-refractivity contribution < 1.29 is 39.8 Å². The van der Waals surface area contributed by atoms with E-state index in [1.165, 1.54) is 70.6 Å². The Bertz CT molecular complexity index is 486. The molecule has 0 bridgehead atoms. The normalized spacial score (nSPS) is 12.1. The second-order valence-corrected chi connectivity index (χ2v) is 8.69. The molecule has 0 saturated heterocycles. The molecule has 4 N–H and O–H groups in total. The van der Waals surface area contributed by atoms with Crippen LogP contribution in [0.2, 0.25) is 0 Å². The number of aliphatic hydroxyl groups excluding tert-OH is 1. The summed E-state index contributed by atoms with van der Waals surface area (Å²) in [6.45, 7) is 2.27. The van der Waals surface area contributed by atoms with Gasteiger partial charge >= 0.3 is 20.8 Å². The highest BCUT2D eigenvalue weighted by atomic mass is 32.3. The van der Waals surface area contributed by atoms with Crippen LogP contribution in [-0.4, -0.2) is 42.4 Å². The van der Waals surface area contributed by atoms with Crippen LogP contribution in [0.1, 0.15) is 96.8 Å². The molecule has 0 fully saturated rings. The number of hydrogen-bond acceptors (Lipinski definition) is 7. The predicted molar refractivity (Wildman–Crippen MR) is 103 cm³/mol. The number of unbranched alkanes of at least 4 members (excludes halogenated alkanes) is 12. The van der Waals surface area contributed by atoms with Crippen LogP contribution < -0.4 is 0 Å². The molecule has 9 nitrogen and oxygen atoms in total. The summed E-state index contributed by atoms with van der Waals surface area (Å²) >= 11 is 0. The largest absolute Gasteiger partial charge is 0.413 e. The molecule has 0 atom stereocenters. The molecule has 0 aromatic rings. The lowest BCUT2D eigenvalue weighted by Crippen LogP contribution is -2.10. The first-order chi connectivity index (χ1) is 12.5. The summed E-state index contributed by atoms with van der Waals surface area (Å²) in [7, 11) is -10.2. The van der Waals surface area contributed by atoms with E-state index < -0.39 is 27.1 Å². The number of hydrogen-bond donors (Lipinski definition) is 4. The Labute approximate surface area is 164 Å². The Morgan fingerprint density at radius 1 is 0.630 bits per heavy atom. The Hall–Kier alpha value is -0.300. The van der Waals surface area contributed by atoms with E-state index in [4.69, 9.17) is 19.3 Å². The summed E-state index contributed by atoms with van der Waals surface area (Å²) in [6.07, 6.45) is 16.7. The topological polar surface area (TPSA) is 158 Å². The van der Waals surface area contributed by atoms with Crippen LogP contribution >= 0.6 is 0 Å². The zero-order valence-electron chi connectivity index (χ0n) is 16.1. The van der Waals surface area contributed by atoms with Crippen molar-refractivity contribution in [3.05, 3.63) is 0 Å². The van der Waals surface area contributed by atoms with Crippen molar-refractivity contribution in [3.8, 4) is 0 Å². The molecule has 0 heterocycles. The fraction of sp³-hybridized carbons (Fsp3) is 1.00. The summed E-state index contributed by atoms with van der Waals surface area (Å²) in [6, 6.07) is 0. The minimum Gasteiger partial charge on any atom is -0.368 e. The molecule has 166 valence electrons. The summed E-state index contributed by atoms with van der Waals surface area (Å²) in [5, 5.41) is 17.4. The average Bonchev–Trinajstić information content (AvgIpc) is 2.48. The molecule has 0 aliphatic rings. The van der Waals surface area contributed by atoms with E-state index >= 15 is 0 Å². The standard InChI is InChI=1S/C16H34O2.H2O7S2/c1-2-3-4-5-6-7-8-9-10-11-12-13-14-15-16(17)18;1-8(2,3)7-9(4,5)6/h16-18H,2-15H2,1H3;(H,1,2,3)(H,4,5,6). The Kier molecular flexibility index (Phi) is 19.0. The molecule has 0 aliphatic heterocycles. The first-order valence-corrected chi connectivity index (χ1v) is 12.2. The van der Waals surface area contributed by atoms with Crippen molar-refractivity contribution >= 4 is 20.8 Å². The fourth-order valence-electron chi connectivity index (χ4n) is 2.45. The van der Waals surface area contributed by atoms with Gasteiger partial charge in [-0.3, -0.25) is 9.11 Å². The van der Waals surface area contributed by atoms with Crippen LogP contribution in [0, 0.1) is 0 Å². The smallest absolute Gasteiger partial charge is 0.368 e. The van der Waals surface area contributed by atoms with Crippen molar-refractivity contribution in [1.82, 2.24) is 0 Å². The van der Waals surface area contributed by atoms with Crippen LogP contribution in [0.25, 0.3) is 0 Å². The van der Waals surface area contributed by atoms with Gasteiger partial charge in [-0.1, -0.05) is 84.0 Å². The SMILES string of the molecule is CCCCCCCCCCCCCCCC(O)O.O=S(=O)(O)OS(=O)(=O)O. The van der Waals surface area contributed by atoms with Crippen LogP contribution in [0.3, 0.4) is 0 Å². The molecule has 0 aliphatic carbocycles. The van der Waals surface area contributed by atoms with E-state index in [0.717, 1.165) is 12.8 Å². The zero-order chi connectivity index (χ0) is 21.2. The van der Waals surface area contributed by atoms with E-state index in [-0.39, 0.29) is 0 Å². The second-order valence-electron chi connectivity index (χ2n) is 6.44. The average molecular weight is 437 g/mol. The highest BCUT2D eigenvalue weighted by Crippen LogP contribution is 2.13. The summed E-state index contributed by atoms with van der Waals surface area (Å²) in [4.78, 5) is 0. The Balaban J connectivity index is 0. The minimum absolute atomic E-state index is 0.539. The molecular weight excluding hydrogens is 400 g/mol. The van der Waals surface area contributed by atoms with Gasteiger partial charge in [-0.25, -0.2) is 0 Å². The summed E-state index contributed by atoms with van der Waals surface area (Å²) in [5.74, 6) is 0. The second kappa shape index (κ2) is 17.8. The van der Waals surface area contributed by atoms with Crippen molar-refractivity contribution in [1.29, 1.82) is 0 Å². The highest BCUT2D eigenvalue weighted by Gasteiger charge is 2.15. The molecule has 0 rings (SSSR count). The van der Waals surface area contributed by atoms with Gasteiger partial charge in [0.1, 0.15) is 0 Å². The monoisotopic (exact) mass is 436 g/mol. The lowest BCUT2D eigenvalue weighted by molar-refractivity contribution is -0.0466. The van der Waals surface area contributed by atoms with Gasteiger partial charge < -0.3 is 10.2 Å². The zero-order valence-corrected chi connectivity index (χ0v) is 17.8. The van der Waals surface area contributed by atoms with Gasteiger partial charge in [0.2, 0.25) is 0 Å². The number of rotatable bonds is 16. The molecule has 0 spiro atoms. The molecule has 0 saturated carbocycles. The maximum atomic E-state index is 9.44. The molecule has 27 heavy (non-hydrogen) atoms. The van der Waals surface area contributed by atoms with Crippen molar-refractivity contribution in [3.63, 3.8) is 0 Å². The van der Waals surface area contributed by atoms with Crippen LogP contribution in [0.15, 0.2) is 0 Å². The summed E-state index contributed by atoms with van der Waals surface area (Å²) in [5.41, 5.74) is 0. The molecule has 0 amide bonds. The van der Waals surface area contributed by atoms with E-state index in [2.05, 4.69) is 10.6 Å². The van der Waals surface area contributed by atoms with Crippen molar-refractivity contribution in [2.75, 3.05) is 0 Å². The molecule has 11 heteroatoms. The minimum atomic E-state index is -5.12. The van der Waals surface area contributed by atoms with Gasteiger partial charge in [0.15, 0.2) is 6.29 Å². The first-order valence-electron chi connectivity index (χ1n) is 9.50. The van der Waals surface area contributed by atoms with Crippen LogP contribution in [0.4, 0.5) is 0 Å². The van der Waals surface area contributed by atoms with Crippen molar-refractivity contribution in [2.45, 2.75) is 103 Å². The predicted octanol–water partition coefficient (Wildman–Crippen LogP) is 3.39. The molecule has 0 aromatic heterocycles. The highest BCUT2D eigenvalue weighted by molar-refractivity contribution is 7.94. The van der Waals surface area contributed by atoms with Gasteiger partial charge in [-0.05, 0) is 12.8 Å².